The van der Waals surface area contributed by atoms with Crippen LogP contribution in [0.5, 0.6) is 11.5 Å². The highest BCUT2D eigenvalue weighted by molar-refractivity contribution is 6.04. The lowest BCUT2D eigenvalue weighted by Gasteiger charge is -2.11. The van der Waals surface area contributed by atoms with E-state index in [0.717, 1.165) is 11.3 Å². The second-order valence-corrected chi connectivity index (χ2v) is 3.69. The molecule has 0 aliphatic carbocycles. The summed E-state index contributed by atoms with van der Waals surface area (Å²) in [5, 5.41) is 13.0. The van der Waals surface area contributed by atoms with Crippen LogP contribution in [-0.4, -0.2) is 37.7 Å². The molecule has 92 valence electrons. The lowest BCUT2D eigenvalue weighted by molar-refractivity contribution is 0.0390. The molecular weight excluding hydrogens is 222 g/mol. The molecule has 1 N–H and O–H groups in total. The molecular formula is C12H15NO4. The van der Waals surface area contributed by atoms with E-state index in [4.69, 9.17) is 19.4 Å². The summed E-state index contributed by atoms with van der Waals surface area (Å²) in [6, 6.07) is 5.58. The molecule has 5 nitrogen and oxygen atoms in total. The predicted molar refractivity (Wildman–Crippen MR) is 62.7 cm³/mol. The normalized spacial score (nSPS) is 18.5. The van der Waals surface area contributed by atoms with E-state index in [2.05, 4.69) is 5.16 Å². The van der Waals surface area contributed by atoms with E-state index in [-0.39, 0.29) is 12.7 Å². The molecule has 0 saturated carbocycles. The first-order chi connectivity index (χ1) is 8.30. The zero-order valence-corrected chi connectivity index (χ0v) is 9.84. The fraction of sp³-hybridized carbons (Fsp3) is 0.417. The van der Waals surface area contributed by atoms with Crippen LogP contribution in [-0.2, 0) is 4.84 Å². The summed E-state index contributed by atoms with van der Waals surface area (Å²) >= 11 is 0. The highest BCUT2D eigenvalue weighted by atomic mass is 16.6. The van der Waals surface area contributed by atoms with Crippen LogP contribution in [0.25, 0.3) is 0 Å². The highest BCUT2D eigenvalue weighted by Crippen LogP contribution is 2.33. The highest BCUT2D eigenvalue weighted by Gasteiger charge is 2.24. The number of benzene rings is 1. The monoisotopic (exact) mass is 237 g/mol. The SMILES string of the molecule is COc1cccc(C2=NOC(CO)C2)c1OC. The molecule has 1 heterocycles. The van der Waals surface area contributed by atoms with Crippen molar-refractivity contribution >= 4 is 5.71 Å². The van der Waals surface area contributed by atoms with E-state index in [0.29, 0.717) is 17.9 Å². The largest absolute Gasteiger partial charge is 0.493 e. The Balaban J connectivity index is 2.33. The minimum Gasteiger partial charge on any atom is -0.493 e. The summed E-state index contributed by atoms with van der Waals surface area (Å²) in [5.41, 5.74) is 1.60. The van der Waals surface area contributed by atoms with Crippen LogP contribution in [0, 0.1) is 0 Å². The van der Waals surface area contributed by atoms with Crippen molar-refractivity contribution in [2.75, 3.05) is 20.8 Å². The van der Waals surface area contributed by atoms with Gasteiger partial charge in [-0.3, -0.25) is 0 Å². The predicted octanol–water partition coefficient (Wildman–Crippen LogP) is 1.19. The molecule has 1 aliphatic heterocycles. The minimum absolute atomic E-state index is 0.0424. The maximum absolute atomic E-state index is 9.00. The summed E-state index contributed by atoms with van der Waals surface area (Å²) in [5.74, 6) is 1.29. The Labute approximate surface area is 99.6 Å². The number of hydrogen-bond donors (Lipinski definition) is 1. The maximum atomic E-state index is 9.00. The van der Waals surface area contributed by atoms with Gasteiger partial charge in [0, 0.05) is 12.0 Å². The van der Waals surface area contributed by atoms with Crippen LogP contribution < -0.4 is 9.47 Å². The summed E-state index contributed by atoms with van der Waals surface area (Å²) < 4.78 is 10.5. The second kappa shape index (κ2) is 5.05. The third-order valence-electron chi connectivity index (χ3n) is 2.65. The molecule has 17 heavy (non-hydrogen) atoms. The number of methoxy groups -OCH3 is 2. The number of aliphatic hydroxyl groups is 1. The fourth-order valence-electron chi connectivity index (χ4n) is 1.80. The summed E-state index contributed by atoms with van der Waals surface area (Å²) in [4.78, 5) is 5.08. The van der Waals surface area contributed by atoms with E-state index in [1.165, 1.54) is 0 Å². The van der Waals surface area contributed by atoms with Crippen molar-refractivity contribution in [1.29, 1.82) is 0 Å². The summed E-state index contributed by atoms with van der Waals surface area (Å²) in [7, 11) is 3.17. The van der Waals surface area contributed by atoms with Crippen molar-refractivity contribution < 1.29 is 19.4 Å². The number of nitrogens with zero attached hydrogens (tertiary/aromatic N) is 1. The lowest BCUT2D eigenvalue weighted by Crippen LogP contribution is -2.13. The lowest BCUT2D eigenvalue weighted by atomic mass is 10.0. The van der Waals surface area contributed by atoms with Gasteiger partial charge in [0.05, 0.1) is 26.5 Å². The topological polar surface area (TPSA) is 60.3 Å². The molecule has 0 fully saturated rings. The Bertz CT molecular complexity index is 431. The molecule has 1 atom stereocenters. The molecule has 0 spiro atoms. The summed E-state index contributed by atoms with van der Waals surface area (Å²) in [6.07, 6.45) is 0.306. The van der Waals surface area contributed by atoms with Gasteiger partial charge in [-0.1, -0.05) is 11.2 Å². The van der Waals surface area contributed by atoms with Crippen molar-refractivity contribution in [3.05, 3.63) is 23.8 Å². The number of rotatable bonds is 4. The average molecular weight is 237 g/mol. The Morgan fingerprint density at radius 2 is 2.24 bits per heavy atom. The number of ether oxygens (including phenoxy) is 2. The Hall–Kier alpha value is -1.75. The van der Waals surface area contributed by atoms with Gasteiger partial charge in [0.25, 0.3) is 0 Å². The van der Waals surface area contributed by atoms with E-state index in [1.807, 2.05) is 18.2 Å². The summed E-state index contributed by atoms with van der Waals surface area (Å²) in [6.45, 7) is -0.0424. The zero-order chi connectivity index (χ0) is 12.3. The van der Waals surface area contributed by atoms with E-state index in [1.54, 1.807) is 14.2 Å². The average Bonchev–Trinajstić information content (AvgIpc) is 2.86. The smallest absolute Gasteiger partial charge is 0.169 e. The van der Waals surface area contributed by atoms with Gasteiger partial charge < -0.3 is 19.4 Å². The Kier molecular flexibility index (Phi) is 3.49. The van der Waals surface area contributed by atoms with Crippen LogP contribution in [0.2, 0.25) is 0 Å². The first kappa shape index (κ1) is 11.7. The molecule has 0 aromatic heterocycles. The molecule has 5 heteroatoms. The Morgan fingerprint density at radius 3 is 2.82 bits per heavy atom. The van der Waals surface area contributed by atoms with Crippen molar-refractivity contribution in [3.8, 4) is 11.5 Å². The molecule has 1 aromatic rings. The molecule has 1 aliphatic rings. The van der Waals surface area contributed by atoms with Gasteiger partial charge in [-0.2, -0.15) is 0 Å². The van der Waals surface area contributed by atoms with Gasteiger partial charge in [0.1, 0.15) is 0 Å². The van der Waals surface area contributed by atoms with Gasteiger partial charge in [-0.05, 0) is 12.1 Å². The van der Waals surface area contributed by atoms with Gasteiger partial charge in [-0.15, -0.1) is 0 Å². The Morgan fingerprint density at radius 1 is 1.41 bits per heavy atom. The van der Waals surface area contributed by atoms with Gasteiger partial charge >= 0.3 is 0 Å². The van der Waals surface area contributed by atoms with E-state index < -0.39 is 0 Å². The van der Waals surface area contributed by atoms with Crippen molar-refractivity contribution in [3.63, 3.8) is 0 Å². The number of para-hydroxylation sites is 1. The van der Waals surface area contributed by atoms with Crippen LogP contribution in [0.4, 0.5) is 0 Å². The van der Waals surface area contributed by atoms with Gasteiger partial charge in [0.15, 0.2) is 17.6 Å². The minimum atomic E-state index is -0.263. The number of aliphatic hydroxyl groups excluding tert-OH is 1. The molecule has 1 aromatic carbocycles. The molecule has 0 saturated heterocycles. The molecule has 1 unspecified atom stereocenters. The van der Waals surface area contributed by atoms with E-state index >= 15 is 0 Å². The van der Waals surface area contributed by atoms with Crippen LogP contribution in [0.3, 0.4) is 0 Å². The van der Waals surface area contributed by atoms with Crippen molar-refractivity contribution in [2.45, 2.75) is 12.5 Å². The standard InChI is InChI=1S/C12H15NO4/c1-15-11-5-3-4-9(12(11)16-2)10-6-8(7-14)17-13-10/h3-5,8,14H,6-7H2,1-2H3. The van der Waals surface area contributed by atoms with Crippen molar-refractivity contribution in [2.24, 2.45) is 5.16 Å². The second-order valence-electron chi connectivity index (χ2n) is 3.69. The quantitative estimate of drug-likeness (QED) is 0.854. The third-order valence-corrected chi connectivity index (χ3v) is 2.65. The molecule has 0 bridgehead atoms. The van der Waals surface area contributed by atoms with E-state index in [9.17, 15) is 0 Å². The van der Waals surface area contributed by atoms with Gasteiger partial charge in [0.2, 0.25) is 0 Å². The first-order valence-electron chi connectivity index (χ1n) is 5.35. The van der Waals surface area contributed by atoms with Gasteiger partial charge in [-0.25, -0.2) is 0 Å². The zero-order valence-electron chi connectivity index (χ0n) is 9.84. The third kappa shape index (κ3) is 2.19. The number of hydrogen-bond acceptors (Lipinski definition) is 5. The van der Waals surface area contributed by atoms with Crippen LogP contribution >= 0.6 is 0 Å². The van der Waals surface area contributed by atoms with Crippen LogP contribution in [0.15, 0.2) is 23.4 Å². The first-order valence-corrected chi connectivity index (χ1v) is 5.35. The number of oxime groups is 1. The molecule has 0 radical (unpaired) electrons. The van der Waals surface area contributed by atoms with Crippen molar-refractivity contribution in [1.82, 2.24) is 0 Å². The fourth-order valence-corrected chi connectivity index (χ4v) is 1.80. The van der Waals surface area contributed by atoms with Crippen LogP contribution in [0.1, 0.15) is 12.0 Å². The molecule has 0 amide bonds. The maximum Gasteiger partial charge on any atom is 0.169 e. The molecule has 2 rings (SSSR count).